The van der Waals surface area contributed by atoms with Gasteiger partial charge in [0.2, 0.25) is 0 Å². The van der Waals surface area contributed by atoms with Crippen molar-refractivity contribution in [3.05, 3.63) is 35.4 Å². The lowest BCUT2D eigenvalue weighted by Gasteiger charge is -2.00. The number of aromatic nitrogens is 2. The highest BCUT2D eigenvalue weighted by Crippen LogP contribution is 2.16. The van der Waals surface area contributed by atoms with Crippen LogP contribution in [0.15, 0.2) is 18.3 Å². The Morgan fingerprint density at radius 2 is 2.17 bits per heavy atom. The van der Waals surface area contributed by atoms with Crippen LogP contribution in [-0.2, 0) is 16.0 Å². The third-order valence-corrected chi connectivity index (χ3v) is 2.55. The zero-order valence-electron chi connectivity index (χ0n) is 10.0. The van der Waals surface area contributed by atoms with Crippen LogP contribution in [0.2, 0.25) is 0 Å². The topological polar surface area (TPSA) is 80.9 Å². The van der Waals surface area contributed by atoms with E-state index in [0.717, 1.165) is 5.56 Å². The third-order valence-electron chi connectivity index (χ3n) is 2.55. The largest absolute Gasteiger partial charge is 0.481 e. The number of ether oxygens (including phenoxy) is 1. The standard InChI is InChI=1S/C12H12N2O4/c1-7-3-4-8-11(12(17)18-2)13-9(5-10(15)16)14(8)6-7/h3-4,6H,5H2,1-2H3,(H,15,16). The summed E-state index contributed by atoms with van der Waals surface area (Å²) >= 11 is 0. The summed E-state index contributed by atoms with van der Waals surface area (Å²) in [5, 5.41) is 8.83. The van der Waals surface area contributed by atoms with E-state index >= 15 is 0 Å². The van der Waals surface area contributed by atoms with Crippen LogP contribution in [0.3, 0.4) is 0 Å². The highest BCUT2D eigenvalue weighted by molar-refractivity contribution is 5.95. The lowest BCUT2D eigenvalue weighted by atomic mass is 10.2. The maximum atomic E-state index is 11.6. The fourth-order valence-electron chi connectivity index (χ4n) is 1.76. The first-order valence-corrected chi connectivity index (χ1v) is 5.30. The van der Waals surface area contributed by atoms with Crippen molar-refractivity contribution in [2.75, 3.05) is 7.11 Å². The minimum absolute atomic E-state index is 0.133. The monoisotopic (exact) mass is 248 g/mol. The van der Waals surface area contributed by atoms with E-state index < -0.39 is 11.9 Å². The molecule has 2 heterocycles. The molecule has 0 radical (unpaired) electrons. The normalized spacial score (nSPS) is 10.6. The van der Waals surface area contributed by atoms with Gasteiger partial charge in [-0.1, -0.05) is 6.07 Å². The molecule has 0 saturated heterocycles. The van der Waals surface area contributed by atoms with Gasteiger partial charge in [0.05, 0.1) is 12.6 Å². The molecule has 0 aliphatic rings. The summed E-state index contributed by atoms with van der Waals surface area (Å²) < 4.78 is 6.24. The molecule has 2 aromatic rings. The predicted molar refractivity (Wildman–Crippen MR) is 62.6 cm³/mol. The van der Waals surface area contributed by atoms with Crippen LogP contribution in [0, 0.1) is 6.92 Å². The molecule has 6 nitrogen and oxygen atoms in total. The fourth-order valence-corrected chi connectivity index (χ4v) is 1.76. The van der Waals surface area contributed by atoms with Crippen LogP contribution in [0.1, 0.15) is 21.9 Å². The minimum Gasteiger partial charge on any atom is -0.481 e. The number of fused-ring (bicyclic) bond motifs is 1. The number of carbonyl (C=O) groups is 2. The number of hydrogen-bond acceptors (Lipinski definition) is 4. The molecule has 0 unspecified atom stereocenters. The van der Waals surface area contributed by atoms with E-state index in [0.29, 0.717) is 11.3 Å². The maximum Gasteiger partial charge on any atom is 0.358 e. The van der Waals surface area contributed by atoms with Crippen LogP contribution in [0.5, 0.6) is 0 Å². The van der Waals surface area contributed by atoms with E-state index in [9.17, 15) is 9.59 Å². The number of pyridine rings is 1. The Bertz CT molecular complexity index is 630. The first kappa shape index (κ1) is 12.1. The number of esters is 1. The number of methoxy groups -OCH3 is 1. The second kappa shape index (κ2) is 4.48. The Morgan fingerprint density at radius 3 is 2.78 bits per heavy atom. The van der Waals surface area contributed by atoms with Gasteiger partial charge in [0.15, 0.2) is 5.69 Å². The van der Waals surface area contributed by atoms with E-state index in [1.807, 2.05) is 13.0 Å². The van der Waals surface area contributed by atoms with Gasteiger partial charge in [0.25, 0.3) is 0 Å². The summed E-state index contributed by atoms with van der Waals surface area (Å²) in [6, 6.07) is 3.55. The SMILES string of the molecule is COC(=O)c1nc(CC(=O)O)n2cc(C)ccc12. The van der Waals surface area contributed by atoms with Gasteiger partial charge in [-0.3, -0.25) is 4.79 Å². The Hall–Kier alpha value is -2.37. The van der Waals surface area contributed by atoms with E-state index in [2.05, 4.69) is 9.72 Å². The summed E-state index contributed by atoms with van der Waals surface area (Å²) in [5.74, 6) is -1.27. The predicted octanol–water partition coefficient (Wildman–Crippen LogP) is 1.06. The van der Waals surface area contributed by atoms with Crippen LogP contribution >= 0.6 is 0 Å². The number of hydrogen-bond donors (Lipinski definition) is 1. The molecule has 0 spiro atoms. The lowest BCUT2D eigenvalue weighted by Crippen LogP contribution is -2.05. The molecule has 0 aliphatic heterocycles. The zero-order chi connectivity index (χ0) is 13.3. The average Bonchev–Trinajstić information content (AvgIpc) is 2.66. The van der Waals surface area contributed by atoms with Gasteiger partial charge in [-0.25, -0.2) is 9.78 Å². The Balaban J connectivity index is 2.66. The molecule has 2 aromatic heterocycles. The second-order valence-corrected chi connectivity index (χ2v) is 3.90. The number of rotatable bonds is 3. The van der Waals surface area contributed by atoms with Crippen LogP contribution in [0.25, 0.3) is 5.52 Å². The van der Waals surface area contributed by atoms with Gasteiger partial charge < -0.3 is 14.2 Å². The number of imidazole rings is 1. The molecular weight excluding hydrogens is 236 g/mol. The number of aliphatic carboxylic acids is 1. The summed E-state index contributed by atoms with van der Waals surface area (Å²) in [6.45, 7) is 1.88. The zero-order valence-corrected chi connectivity index (χ0v) is 10.0. The van der Waals surface area contributed by atoms with Crippen molar-refractivity contribution in [2.24, 2.45) is 0 Å². The van der Waals surface area contributed by atoms with Gasteiger partial charge in [-0.2, -0.15) is 0 Å². The van der Waals surface area contributed by atoms with Gasteiger partial charge in [-0.15, -0.1) is 0 Å². The second-order valence-electron chi connectivity index (χ2n) is 3.90. The summed E-state index contributed by atoms with van der Waals surface area (Å²) in [6.07, 6.45) is 1.49. The number of carbonyl (C=O) groups excluding carboxylic acids is 1. The first-order chi connectivity index (χ1) is 8.52. The molecule has 94 valence electrons. The van der Waals surface area contributed by atoms with Crippen LogP contribution in [0.4, 0.5) is 0 Å². The number of aryl methyl sites for hydroxylation is 1. The van der Waals surface area contributed by atoms with E-state index in [1.54, 1.807) is 16.7 Å². The molecular formula is C12H12N2O4. The van der Waals surface area contributed by atoms with Crippen molar-refractivity contribution in [1.29, 1.82) is 0 Å². The molecule has 2 rings (SSSR count). The summed E-state index contributed by atoms with van der Waals surface area (Å²) in [5.41, 5.74) is 1.63. The first-order valence-electron chi connectivity index (χ1n) is 5.30. The van der Waals surface area contributed by atoms with Gasteiger partial charge >= 0.3 is 11.9 Å². The average molecular weight is 248 g/mol. The Morgan fingerprint density at radius 1 is 1.44 bits per heavy atom. The van der Waals surface area contributed by atoms with E-state index in [4.69, 9.17) is 5.11 Å². The summed E-state index contributed by atoms with van der Waals surface area (Å²) in [4.78, 5) is 26.4. The fraction of sp³-hybridized carbons (Fsp3) is 0.250. The van der Waals surface area contributed by atoms with Crippen molar-refractivity contribution in [2.45, 2.75) is 13.3 Å². The van der Waals surface area contributed by atoms with Crippen LogP contribution < -0.4 is 0 Å². The molecule has 0 bridgehead atoms. The molecule has 0 saturated carbocycles. The molecule has 0 fully saturated rings. The molecule has 0 amide bonds. The number of nitrogens with zero attached hydrogens (tertiary/aromatic N) is 2. The van der Waals surface area contributed by atoms with Crippen LogP contribution in [-0.4, -0.2) is 33.5 Å². The maximum absolute atomic E-state index is 11.6. The Kier molecular flexibility index (Phi) is 3.01. The van der Waals surface area contributed by atoms with Gasteiger partial charge in [0, 0.05) is 6.20 Å². The van der Waals surface area contributed by atoms with E-state index in [-0.39, 0.29) is 12.1 Å². The molecule has 0 aliphatic carbocycles. The van der Waals surface area contributed by atoms with Crippen molar-refractivity contribution >= 4 is 17.5 Å². The highest BCUT2D eigenvalue weighted by atomic mass is 16.5. The van der Waals surface area contributed by atoms with Gasteiger partial charge in [-0.05, 0) is 18.6 Å². The highest BCUT2D eigenvalue weighted by Gasteiger charge is 2.19. The quantitative estimate of drug-likeness (QED) is 0.821. The minimum atomic E-state index is -1.00. The van der Waals surface area contributed by atoms with Crippen molar-refractivity contribution in [1.82, 2.24) is 9.38 Å². The third kappa shape index (κ3) is 2.04. The lowest BCUT2D eigenvalue weighted by molar-refractivity contribution is -0.136. The molecule has 0 atom stereocenters. The number of carboxylic acids is 1. The smallest absolute Gasteiger partial charge is 0.358 e. The van der Waals surface area contributed by atoms with Crippen molar-refractivity contribution < 1.29 is 19.4 Å². The van der Waals surface area contributed by atoms with Gasteiger partial charge in [0.1, 0.15) is 12.2 Å². The van der Waals surface area contributed by atoms with E-state index in [1.165, 1.54) is 7.11 Å². The number of carboxylic acid groups (broad SMARTS) is 1. The molecule has 6 heteroatoms. The Labute approximate surface area is 103 Å². The molecule has 1 N–H and O–H groups in total. The van der Waals surface area contributed by atoms with Crippen molar-refractivity contribution in [3.63, 3.8) is 0 Å². The molecule has 18 heavy (non-hydrogen) atoms. The molecule has 0 aromatic carbocycles. The summed E-state index contributed by atoms with van der Waals surface area (Å²) in [7, 11) is 1.26. The van der Waals surface area contributed by atoms with Crippen molar-refractivity contribution in [3.8, 4) is 0 Å².